The van der Waals surface area contributed by atoms with E-state index in [1.54, 1.807) is 38.2 Å². The lowest BCUT2D eigenvalue weighted by molar-refractivity contribution is -0.136. The van der Waals surface area contributed by atoms with Crippen LogP contribution in [0.3, 0.4) is 0 Å². The van der Waals surface area contributed by atoms with Crippen LogP contribution in [0.25, 0.3) is 6.08 Å². The van der Waals surface area contributed by atoms with E-state index in [-0.39, 0.29) is 23.7 Å². The lowest BCUT2D eigenvalue weighted by atomic mass is 9.96. The van der Waals surface area contributed by atoms with Crippen LogP contribution in [0.5, 0.6) is 5.75 Å². The van der Waals surface area contributed by atoms with Gasteiger partial charge in [-0.15, -0.1) is 0 Å². The number of hydrogen-bond acceptors (Lipinski definition) is 5. The van der Waals surface area contributed by atoms with Crippen LogP contribution < -0.4 is 20.7 Å². The van der Waals surface area contributed by atoms with Gasteiger partial charge in [0.2, 0.25) is 17.7 Å². The third kappa shape index (κ3) is 7.60. The Morgan fingerprint density at radius 3 is 2.24 bits per heavy atom. The summed E-state index contributed by atoms with van der Waals surface area (Å²) in [7, 11) is 3.60. The zero-order valence-electron chi connectivity index (χ0n) is 20.7. The van der Waals surface area contributed by atoms with E-state index in [9.17, 15) is 14.4 Å². The van der Waals surface area contributed by atoms with Crippen molar-refractivity contribution in [2.75, 3.05) is 14.1 Å². The van der Waals surface area contributed by atoms with Crippen molar-refractivity contribution in [3.05, 3.63) is 36.0 Å². The number of carbonyl (C=O) groups excluding carboxylic acids is 3. The zero-order chi connectivity index (χ0) is 24.7. The molecule has 2 heterocycles. The number of hydrogen-bond donors (Lipinski definition) is 3. The number of likely N-dealkylation sites (N-methyl/N-ethyl adjacent to an activating group) is 1. The molecule has 4 atom stereocenters. The van der Waals surface area contributed by atoms with E-state index in [0.29, 0.717) is 12.2 Å². The molecule has 182 valence electrons. The first-order valence-corrected chi connectivity index (χ1v) is 11.5. The Morgan fingerprint density at radius 1 is 1.06 bits per heavy atom. The van der Waals surface area contributed by atoms with Gasteiger partial charge in [0, 0.05) is 6.20 Å². The average molecular weight is 459 g/mol. The van der Waals surface area contributed by atoms with Crippen LogP contribution in [0.4, 0.5) is 0 Å². The smallest absolute Gasteiger partial charge is 0.247 e. The third-order valence-electron chi connectivity index (χ3n) is 5.71. The molecule has 8 nitrogen and oxygen atoms in total. The molecule has 33 heavy (non-hydrogen) atoms. The molecule has 0 aromatic heterocycles. The summed E-state index contributed by atoms with van der Waals surface area (Å²) in [5, 5.41) is 8.50. The number of nitrogens with one attached hydrogen (secondary N) is 3. The van der Waals surface area contributed by atoms with Crippen molar-refractivity contribution >= 4 is 23.8 Å². The van der Waals surface area contributed by atoms with Gasteiger partial charge >= 0.3 is 0 Å². The minimum Gasteiger partial charge on any atom is -0.487 e. The second-order valence-electron chi connectivity index (χ2n) is 9.55. The lowest BCUT2D eigenvalue weighted by Crippen LogP contribution is -2.61. The van der Waals surface area contributed by atoms with E-state index in [1.165, 1.54) is 0 Å². The van der Waals surface area contributed by atoms with Gasteiger partial charge in [0.1, 0.15) is 23.9 Å². The molecular weight excluding hydrogens is 420 g/mol. The number of carbonyl (C=O) groups is 3. The Bertz CT molecular complexity index is 848. The number of fused-ring (bicyclic) bond motifs is 10. The fourth-order valence-corrected chi connectivity index (χ4v) is 3.49. The van der Waals surface area contributed by atoms with E-state index in [0.717, 1.165) is 5.56 Å². The maximum absolute atomic E-state index is 13.5. The molecule has 0 aliphatic carbocycles. The molecule has 2 aliphatic heterocycles. The summed E-state index contributed by atoms with van der Waals surface area (Å²) in [5.41, 5.74) is 0.898. The molecule has 3 N–H and O–H groups in total. The number of amides is 3. The third-order valence-corrected chi connectivity index (χ3v) is 5.71. The zero-order valence-corrected chi connectivity index (χ0v) is 20.7. The van der Waals surface area contributed by atoms with Gasteiger partial charge in [-0.05, 0) is 63.0 Å². The van der Waals surface area contributed by atoms with Crippen molar-refractivity contribution in [3.8, 4) is 5.75 Å². The molecule has 0 spiro atoms. The van der Waals surface area contributed by atoms with Gasteiger partial charge in [-0.2, -0.15) is 0 Å². The van der Waals surface area contributed by atoms with Crippen molar-refractivity contribution in [3.63, 3.8) is 0 Å². The largest absolute Gasteiger partial charge is 0.487 e. The van der Waals surface area contributed by atoms with Gasteiger partial charge in [0.05, 0.1) is 6.04 Å². The lowest BCUT2D eigenvalue weighted by Gasteiger charge is -2.33. The monoisotopic (exact) mass is 458 g/mol. The van der Waals surface area contributed by atoms with E-state index in [1.807, 2.05) is 52.0 Å². The van der Waals surface area contributed by atoms with Crippen LogP contribution in [0, 0.1) is 11.8 Å². The maximum atomic E-state index is 13.5. The average Bonchev–Trinajstić information content (AvgIpc) is 2.74. The molecule has 8 heteroatoms. The van der Waals surface area contributed by atoms with Gasteiger partial charge in [-0.1, -0.05) is 39.8 Å². The topological polar surface area (TPSA) is 99.8 Å². The molecule has 2 bridgehead atoms. The number of ether oxygens (including phenoxy) is 1. The van der Waals surface area contributed by atoms with Gasteiger partial charge in [0.15, 0.2) is 0 Å². The highest BCUT2D eigenvalue weighted by molar-refractivity contribution is 5.93. The van der Waals surface area contributed by atoms with Crippen molar-refractivity contribution in [1.29, 1.82) is 0 Å². The van der Waals surface area contributed by atoms with E-state index in [2.05, 4.69) is 16.0 Å². The molecule has 2 aliphatic rings. The molecular formula is C25H38N4O4. The van der Waals surface area contributed by atoms with E-state index >= 15 is 0 Å². The van der Waals surface area contributed by atoms with Crippen LogP contribution in [0.15, 0.2) is 30.5 Å². The summed E-state index contributed by atoms with van der Waals surface area (Å²) in [6.45, 7) is 9.61. The standard InChI is InChI=1S/C25H38N4O4/c1-15(2)14-20-24(31)26-13-12-18-8-10-19(11-9-18)33-22(16(3)4)21(25(32)27-20)28-23(30)17(5)29(6)7/h8-13,15-17,20-22H,14H2,1-7H3,(H,26,31)(H,27,32)(H,28,30)/b13-12-. The molecule has 3 amide bonds. The fraction of sp³-hybridized carbons (Fsp3) is 0.560. The van der Waals surface area contributed by atoms with Crippen molar-refractivity contribution in [2.45, 2.75) is 65.3 Å². The molecule has 1 aromatic rings. The molecule has 1 aromatic carbocycles. The quantitative estimate of drug-likeness (QED) is 0.607. The number of nitrogens with zero attached hydrogens (tertiary/aromatic N) is 1. The minimum atomic E-state index is -0.986. The van der Waals surface area contributed by atoms with Crippen LogP contribution in [0.2, 0.25) is 0 Å². The number of benzene rings is 1. The Balaban J connectivity index is 2.49. The van der Waals surface area contributed by atoms with Gasteiger partial charge in [-0.25, -0.2) is 0 Å². The summed E-state index contributed by atoms with van der Waals surface area (Å²) in [6.07, 6.45) is 3.17. The van der Waals surface area contributed by atoms with Gasteiger partial charge < -0.3 is 20.7 Å². The van der Waals surface area contributed by atoms with Crippen LogP contribution in [-0.2, 0) is 14.4 Å². The summed E-state index contributed by atoms with van der Waals surface area (Å²) in [5.74, 6) is -0.380. The Labute approximate surface area is 197 Å². The fourth-order valence-electron chi connectivity index (χ4n) is 3.49. The maximum Gasteiger partial charge on any atom is 0.247 e. The Kier molecular flexibility index (Phi) is 9.46. The summed E-state index contributed by atoms with van der Waals surface area (Å²) in [6, 6.07) is 5.18. The predicted molar refractivity (Wildman–Crippen MR) is 129 cm³/mol. The van der Waals surface area contributed by atoms with Crippen LogP contribution in [-0.4, -0.2) is 60.9 Å². The first-order chi connectivity index (χ1) is 15.5. The highest BCUT2D eigenvalue weighted by Crippen LogP contribution is 2.21. The van der Waals surface area contributed by atoms with Crippen LogP contribution >= 0.6 is 0 Å². The highest BCUT2D eigenvalue weighted by Gasteiger charge is 2.37. The van der Waals surface area contributed by atoms with Crippen LogP contribution in [0.1, 0.15) is 46.6 Å². The minimum absolute atomic E-state index is 0.0967. The summed E-state index contributed by atoms with van der Waals surface area (Å²) < 4.78 is 6.23. The van der Waals surface area contributed by atoms with Gasteiger partial charge in [0.25, 0.3) is 0 Å². The molecule has 0 fully saturated rings. The van der Waals surface area contributed by atoms with E-state index in [4.69, 9.17) is 4.74 Å². The SMILES string of the molecule is CC(C)CC1NC(=O)C(NC(=O)C(C)N(C)C)C(C(C)C)Oc2ccc(cc2)/C=C\NC1=O. The molecule has 0 radical (unpaired) electrons. The molecule has 0 saturated carbocycles. The molecule has 0 saturated heterocycles. The van der Waals surface area contributed by atoms with Crippen molar-refractivity contribution < 1.29 is 19.1 Å². The highest BCUT2D eigenvalue weighted by atomic mass is 16.5. The second kappa shape index (κ2) is 11.8. The predicted octanol–water partition coefficient (Wildman–Crippen LogP) is 2.16. The normalized spacial score (nSPS) is 23.5. The summed E-state index contributed by atoms with van der Waals surface area (Å²) >= 11 is 0. The second-order valence-corrected chi connectivity index (χ2v) is 9.55. The number of rotatable bonds is 6. The first kappa shape index (κ1) is 26.4. The van der Waals surface area contributed by atoms with E-state index < -0.39 is 30.1 Å². The molecule has 4 unspecified atom stereocenters. The van der Waals surface area contributed by atoms with Crippen molar-refractivity contribution in [1.82, 2.24) is 20.9 Å². The molecule has 3 rings (SSSR count). The Hall–Kier alpha value is -2.87. The van der Waals surface area contributed by atoms with Gasteiger partial charge in [-0.3, -0.25) is 19.3 Å². The first-order valence-electron chi connectivity index (χ1n) is 11.5. The Morgan fingerprint density at radius 2 is 1.70 bits per heavy atom. The summed E-state index contributed by atoms with van der Waals surface area (Å²) in [4.78, 5) is 41.0. The van der Waals surface area contributed by atoms with Crippen molar-refractivity contribution in [2.24, 2.45) is 11.8 Å².